The third-order valence-electron chi connectivity index (χ3n) is 3.43. The van der Waals surface area contributed by atoms with Crippen molar-refractivity contribution in [3.8, 4) is 0 Å². The van der Waals surface area contributed by atoms with Crippen molar-refractivity contribution in [3.63, 3.8) is 0 Å². The molecule has 18 heavy (non-hydrogen) atoms. The SMILES string of the molecule is C.CC(C)(C)C1=Nc2cc(C(C)(C)C)ccc2C1. The molecule has 0 aromatic heterocycles. The van der Waals surface area contributed by atoms with Gasteiger partial charge in [0, 0.05) is 17.5 Å². The largest absolute Gasteiger partial charge is 0.257 e. The number of hydrogen-bond acceptors (Lipinski definition) is 1. The van der Waals surface area contributed by atoms with Crippen molar-refractivity contribution in [1.29, 1.82) is 0 Å². The first-order valence-corrected chi connectivity index (χ1v) is 6.39. The van der Waals surface area contributed by atoms with Crippen LogP contribution in [0.5, 0.6) is 0 Å². The Bertz CT molecular complexity index is 467. The molecule has 0 saturated heterocycles. The molecule has 0 N–H and O–H groups in total. The van der Waals surface area contributed by atoms with Crippen LogP contribution in [0.15, 0.2) is 23.2 Å². The second-order valence-electron chi connectivity index (χ2n) is 7.08. The van der Waals surface area contributed by atoms with Gasteiger partial charge in [0.25, 0.3) is 0 Å². The Hall–Kier alpha value is -1.11. The maximum Gasteiger partial charge on any atom is 0.0668 e. The van der Waals surface area contributed by atoms with E-state index < -0.39 is 0 Å². The molecule has 1 heterocycles. The highest BCUT2D eigenvalue weighted by Crippen LogP contribution is 2.36. The van der Waals surface area contributed by atoms with Crippen LogP contribution in [0.2, 0.25) is 0 Å². The van der Waals surface area contributed by atoms with Crippen LogP contribution in [0.1, 0.15) is 60.1 Å². The molecule has 1 aliphatic rings. The Morgan fingerprint density at radius 1 is 0.944 bits per heavy atom. The van der Waals surface area contributed by atoms with Crippen LogP contribution in [-0.2, 0) is 11.8 Å². The zero-order valence-corrected chi connectivity index (χ0v) is 11.9. The molecule has 1 aliphatic heterocycles. The first kappa shape index (κ1) is 14.9. The van der Waals surface area contributed by atoms with Crippen molar-refractivity contribution >= 4 is 11.4 Å². The van der Waals surface area contributed by atoms with Crippen molar-refractivity contribution < 1.29 is 0 Å². The van der Waals surface area contributed by atoms with Crippen LogP contribution in [0, 0.1) is 5.41 Å². The van der Waals surface area contributed by atoms with E-state index in [1.807, 2.05) is 0 Å². The number of aliphatic imine (C=N–C) groups is 1. The Morgan fingerprint density at radius 2 is 1.56 bits per heavy atom. The fraction of sp³-hybridized carbons (Fsp3) is 0.588. The highest BCUT2D eigenvalue weighted by Gasteiger charge is 2.26. The molecule has 0 atom stereocenters. The van der Waals surface area contributed by atoms with Crippen molar-refractivity contribution in [2.75, 3.05) is 0 Å². The van der Waals surface area contributed by atoms with Crippen LogP contribution >= 0.6 is 0 Å². The molecule has 2 rings (SSSR count). The number of benzene rings is 1. The quantitative estimate of drug-likeness (QED) is 0.588. The van der Waals surface area contributed by atoms with Gasteiger partial charge < -0.3 is 0 Å². The smallest absolute Gasteiger partial charge is 0.0668 e. The molecule has 0 aliphatic carbocycles. The van der Waals surface area contributed by atoms with Gasteiger partial charge in [0.15, 0.2) is 0 Å². The van der Waals surface area contributed by atoms with Crippen molar-refractivity contribution in [2.45, 2.75) is 60.8 Å². The van der Waals surface area contributed by atoms with Crippen LogP contribution in [-0.4, -0.2) is 5.71 Å². The van der Waals surface area contributed by atoms with Gasteiger partial charge in [0.1, 0.15) is 0 Å². The average Bonchev–Trinajstić information content (AvgIpc) is 2.57. The summed E-state index contributed by atoms with van der Waals surface area (Å²) >= 11 is 0. The van der Waals surface area contributed by atoms with Crippen molar-refractivity contribution in [2.24, 2.45) is 10.4 Å². The maximum atomic E-state index is 4.81. The topological polar surface area (TPSA) is 12.4 Å². The van der Waals surface area contributed by atoms with Gasteiger partial charge in [-0.05, 0) is 22.6 Å². The number of nitrogens with zero attached hydrogens (tertiary/aromatic N) is 1. The van der Waals surface area contributed by atoms with E-state index in [0.717, 1.165) is 6.42 Å². The highest BCUT2D eigenvalue weighted by atomic mass is 14.8. The molecular weight excluding hydrogens is 218 g/mol. The van der Waals surface area contributed by atoms with E-state index in [0.29, 0.717) is 0 Å². The van der Waals surface area contributed by atoms with Gasteiger partial charge in [-0.2, -0.15) is 0 Å². The van der Waals surface area contributed by atoms with Crippen molar-refractivity contribution in [1.82, 2.24) is 0 Å². The molecule has 1 heteroatoms. The zero-order chi connectivity index (χ0) is 12.8. The van der Waals surface area contributed by atoms with E-state index in [1.54, 1.807) is 0 Å². The fourth-order valence-electron chi connectivity index (χ4n) is 2.08. The average molecular weight is 245 g/mol. The summed E-state index contributed by atoms with van der Waals surface area (Å²) in [6.07, 6.45) is 1.02. The number of rotatable bonds is 0. The molecule has 0 spiro atoms. The molecule has 1 aromatic carbocycles. The normalized spacial score (nSPS) is 14.9. The minimum absolute atomic E-state index is 0. The molecule has 0 amide bonds. The van der Waals surface area contributed by atoms with Crippen LogP contribution < -0.4 is 0 Å². The lowest BCUT2D eigenvalue weighted by atomic mass is 9.85. The second-order valence-corrected chi connectivity index (χ2v) is 7.08. The minimum atomic E-state index is 0. The van der Waals surface area contributed by atoms with E-state index in [-0.39, 0.29) is 18.3 Å². The second kappa shape index (κ2) is 4.53. The van der Waals surface area contributed by atoms with Gasteiger partial charge in [0.2, 0.25) is 0 Å². The first-order chi connectivity index (χ1) is 7.68. The lowest BCUT2D eigenvalue weighted by molar-refractivity contribution is 0.584. The minimum Gasteiger partial charge on any atom is -0.257 e. The molecule has 100 valence electrons. The summed E-state index contributed by atoms with van der Waals surface area (Å²) in [7, 11) is 0. The Kier molecular flexibility index (Phi) is 3.76. The molecule has 1 aromatic rings. The number of hydrogen-bond donors (Lipinski definition) is 0. The third kappa shape index (κ3) is 2.82. The van der Waals surface area contributed by atoms with Crippen LogP contribution in [0.3, 0.4) is 0 Å². The molecule has 1 nitrogen and oxygen atoms in total. The lowest BCUT2D eigenvalue weighted by Gasteiger charge is -2.19. The summed E-state index contributed by atoms with van der Waals surface area (Å²) in [6.45, 7) is 13.5. The van der Waals surface area contributed by atoms with E-state index in [1.165, 1.54) is 22.5 Å². The van der Waals surface area contributed by atoms with Gasteiger partial charge in [-0.15, -0.1) is 0 Å². The predicted molar refractivity (Wildman–Crippen MR) is 82.1 cm³/mol. The summed E-state index contributed by atoms with van der Waals surface area (Å²) in [5.74, 6) is 0. The Labute approximate surface area is 112 Å². The van der Waals surface area contributed by atoms with Crippen molar-refractivity contribution in [3.05, 3.63) is 29.3 Å². The molecule has 0 saturated carbocycles. The lowest BCUT2D eigenvalue weighted by Crippen LogP contribution is -2.19. The molecule has 0 unspecified atom stereocenters. The van der Waals surface area contributed by atoms with E-state index in [2.05, 4.69) is 59.7 Å². The monoisotopic (exact) mass is 245 g/mol. The maximum absolute atomic E-state index is 4.81. The van der Waals surface area contributed by atoms with Gasteiger partial charge >= 0.3 is 0 Å². The Balaban J connectivity index is 0.00000162. The summed E-state index contributed by atoms with van der Waals surface area (Å²) in [5.41, 5.74) is 5.62. The highest BCUT2D eigenvalue weighted by molar-refractivity contribution is 5.97. The predicted octanol–water partition coefficient (Wildman–Crippen LogP) is 5.29. The standard InChI is InChI=1S/C16H23N.CH4/c1-15(2,3)12-8-7-11-9-14(16(4,5)6)17-13(11)10-12;/h7-8,10H,9H2,1-6H3;1H4. The van der Waals surface area contributed by atoms with Gasteiger partial charge in [-0.1, -0.05) is 61.1 Å². The summed E-state index contributed by atoms with van der Waals surface area (Å²) in [4.78, 5) is 4.81. The summed E-state index contributed by atoms with van der Waals surface area (Å²) in [5, 5.41) is 0. The zero-order valence-electron chi connectivity index (χ0n) is 11.9. The first-order valence-electron chi connectivity index (χ1n) is 6.39. The summed E-state index contributed by atoms with van der Waals surface area (Å²) < 4.78 is 0. The number of fused-ring (bicyclic) bond motifs is 1. The fourth-order valence-corrected chi connectivity index (χ4v) is 2.08. The van der Waals surface area contributed by atoms with Gasteiger partial charge in [0.05, 0.1) is 5.69 Å². The molecule has 0 radical (unpaired) electrons. The molecule has 0 fully saturated rings. The molecule has 0 bridgehead atoms. The van der Waals surface area contributed by atoms with E-state index in [9.17, 15) is 0 Å². The van der Waals surface area contributed by atoms with Crippen LogP contribution in [0.4, 0.5) is 5.69 Å². The van der Waals surface area contributed by atoms with E-state index >= 15 is 0 Å². The summed E-state index contributed by atoms with van der Waals surface area (Å²) in [6, 6.07) is 6.76. The van der Waals surface area contributed by atoms with E-state index in [4.69, 9.17) is 4.99 Å². The third-order valence-corrected chi connectivity index (χ3v) is 3.43. The Morgan fingerprint density at radius 3 is 2.06 bits per heavy atom. The van der Waals surface area contributed by atoms with Gasteiger partial charge in [-0.25, -0.2) is 0 Å². The molecular formula is C17H27N. The van der Waals surface area contributed by atoms with Crippen LogP contribution in [0.25, 0.3) is 0 Å². The van der Waals surface area contributed by atoms with Gasteiger partial charge in [-0.3, -0.25) is 4.99 Å².